The smallest absolute Gasteiger partial charge is 0.0558 e. The number of likely N-dealkylation sites (tertiary alicyclic amines) is 1. The van der Waals surface area contributed by atoms with E-state index in [1.165, 1.54) is 6.42 Å². The van der Waals surface area contributed by atoms with Gasteiger partial charge >= 0.3 is 0 Å². The van der Waals surface area contributed by atoms with E-state index in [0.717, 1.165) is 19.0 Å². The molecule has 0 aliphatic carbocycles. The minimum atomic E-state index is 0.288. The number of hydrogen-bond acceptors (Lipinski definition) is 2. The van der Waals surface area contributed by atoms with Crippen LogP contribution < -0.4 is 0 Å². The molecule has 0 unspecified atom stereocenters. The monoisotopic (exact) mass is 157 g/mol. The number of hydrogen-bond donors (Lipinski definition) is 1. The third-order valence-electron chi connectivity index (χ3n) is 3.22. The van der Waals surface area contributed by atoms with E-state index in [1.54, 1.807) is 0 Å². The van der Waals surface area contributed by atoms with Crippen LogP contribution in [0.4, 0.5) is 0 Å². The zero-order chi connectivity index (χ0) is 8.48. The molecule has 0 amide bonds. The van der Waals surface area contributed by atoms with Crippen LogP contribution in [-0.2, 0) is 0 Å². The predicted molar refractivity (Wildman–Crippen MR) is 46.5 cm³/mol. The molecule has 2 heteroatoms. The maximum Gasteiger partial charge on any atom is 0.0558 e. The lowest BCUT2D eigenvalue weighted by Gasteiger charge is -2.34. The van der Waals surface area contributed by atoms with E-state index in [1.807, 2.05) is 0 Å². The van der Waals surface area contributed by atoms with Gasteiger partial charge in [0.25, 0.3) is 0 Å². The zero-order valence-corrected chi connectivity index (χ0v) is 7.80. The Balaban J connectivity index is 2.55. The highest BCUT2D eigenvalue weighted by atomic mass is 16.3. The molecule has 11 heavy (non-hydrogen) atoms. The van der Waals surface area contributed by atoms with Crippen LogP contribution in [-0.4, -0.2) is 35.2 Å². The summed E-state index contributed by atoms with van der Waals surface area (Å²) in [6.07, 6.45) is 1.27. The van der Waals surface area contributed by atoms with Crippen molar-refractivity contribution in [2.24, 2.45) is 5.92 Å². The van der Waals surface area contributed by atoms with Crippen molar-refractivity contribution in [2.45, 2.75) is 32.7 Å². The molecule has 1 aliphatic heterocycles. The van der Waals surface area contributed by atoms with Gasteiger partial charge in [-0.2, -0.15) is 0 Å². The average Bonchev–Trinajstić information content (AvgIpc) is 2.16. The largest absolute Gasteiger partial charge is 0.395 e. The summed E-state index contributed by atoms with van der Waals surface area (Å²) in [5, 5.41) is 8.80. The van der Waals surface area contributed by atoms with Crippen molar-refractivity contribution in [3.63, 3.8) is 0 Å². The summed E-state index contributed by atoms with van der Waals surface area (Å²) in [4.78, 5) is 2.37. The molecular formula is C9H19NO. The number of rotatable bonds is 2. The lowest BCUT2D eigenvalue weighted by molar-refractivity contribution is 0.115. The van der Waals surface area contributed by atoms with E-state index < -0.39 is 0 Å². The van der Waals surface area contributed by atoms with Crippen LogP contribution in [0.15, 0.2) is 0 Å². The molecule has 1 N–H and O–H groups in total. The Morgan fingerprint density at radius 3 is 2.55 bits per heavy atom. The van der Waals surface area contributed by atoms with Crippen LogP contribution in [0.1, 0.15) is 27.2 Å². The third-order valence-corrected chi connectivity index (χ3v) is 3.22. The number of aliphatic hydroxyl groups is 1. The van der Waals surface area contributed by atoms with Crippen LogP contribution in [0.25, 0.3) is 0 Å². The van der Waals surface area contributed by atoms with Crippen molar-refractivity contribution in [3.05, 3.63) is 0 Å². The maximum atomic E-state index is 8.80. The Labute approximate surface area is 69.2 Å². The first-order valence-corrected chi connectivity index (χ1v) is 4.45. The highest BCUT2D eigenvalue weighted by Crippen LogP contribution is 2.33. The van der Waals surface area contributed by atoms with Gasteiger partial charge in [-0.05, 0) is 32.7 Å². The third kappa shape index (κ3) is 1.57. The van der Waals surface area contributed by atoms with Gasteiger partial charge in [0.2, 0.25) is 0 Å². The van der Waals surface area contributed by atoms with Gasteiger partial charge in [0.05, 0.1) is 6.61 Å². The number of aliphatic hydroxyl groups excluding tert-OH is 1. The molecule has 0 saturated carbocycles. The fraction of sp³-hybridized carbons (Fsp3) is 1.00. The summed E-state index contributed by atoms with van der Waals surface area (Å²) in [6, 6.07) is 0. The van der Waals surface area contributed by atoms with Crippen LogP contribution >= 0.6 is 0 Å². The summed E-state index contributed by atoms with van der Waals surface area (Å²) in [7, 11) is 0. The van der Waals surface area contributed by atoms with Crippen LogP contribution in [0.2, 0.25) is 0 Å². The second-order valence-corrected chi connectivity index (χ2v) is 4.05. The molecule has 1 heterocycles. The Morgan fingerprint density at radius 1 is 1.55 bits per heavy atom. The fourth-order valence-electron chi connectivity index (χ4n) is 1.82. The molecule has 0 radical (unpaired) electrons. The predicted octanol–water partition coefficient (Wildman–Crippen LogP) is 1.10. The topological polar surface area (TPSA) is 23.5 Å². The average molecular weight is 157 g/mol. The van der Waals surface area contributed by atoms with Crippen molar-refractivity contribution in [1.82, 2.24) is 4.90 Å². The SMILES string of the molecule is C[C@H]1CCN(CCO)C1(C)C. The minimum absolute atomic E-state index is 0.288. The maximum absolute atomic E-state index is 8.80. The van der Waals surface area contributed by atoms with E-state index >= 15 is 0 Å². The Bertz CT molecular complexity index is 132. The van der Waals surface area contributed by atoms with Gasteiger partial charge < -0.3 is 5.11 Å². The summed E-state index contributed by atoms with van der Waals surface area (Å²) in [5.41, 5.74) is 0.294. The molecule has 1 aliphatic rings. The summed E-state index contributed by atoms with van der Waals surface area (Å²) >= 11 is 0. The van der Waals surface area contributed by atoms with Gasteiger partial charge in [0.1, 0.15) is 0 Å². The molecule has 0 bridgehead atoms. The lowest BCUT2D eigenvalue weighted by Crippen LogP contribution is -2.43. The molecule has 0 aromatic heterocycles. The molecule has 0 aromatic carbocycles. The first kappa shape index (κ1) is 9.01. The first-order chi connectivity index (χ1) is 5.09. The molecule has 66 valence electrons. The second-order valence-electron chi connectivity index (χ2n) is 4.05. The molecule has 1 saturated heterocycles. The second kappa shape index (κ2) is 3.11. The standard InChI is InChI=1S/C9H19NO/c1-8-4-5-10(6-7-11)9(8,2)3/h8,11H,4-7H2,1-3H3/t8-/m0/s1. The molecular weight excluding hydrogens is 138 g/mol. The van der Waals surface area contributed by atoms with Crippen LogP contribution in [0, 0.1) is 5.92 Å². The molecule has 2 nitrogen and oxygen atoms in total. The van der Waals surface area contributed by atoms with E-state index in [0.29, 0.717) is 5.54 Å². The van der Waals surface area contributed by atoms with Crippen molar-refractivity contribution < 1.29 is 5.11 Å². The van der Waals surface area contributed by atoms with Crippen molar-refractivity contribution in [3.8, 4) is 0 Å². The van der Waals surface area contributed by atoms with Crippen LogP contribution in [0.5, 0.6) is 0 Å². The highest BCUT2D eigenvalue weighted by Gasteiger charge is 2.37. The lowest BCUT2D eigenvalue weighted by atomic mass is 9.90. The van der Waals surface area contributed by atoms with Gasteiger partial charge in [-0.1, -0.05) is 6.92 Å². The van der Waals surface area contributed by atoms with E-state index in [2.05, 4.69) is 25.7 Å². The minimum Gasteiger partial charge on any atom is -0.395 e. The van der Waals surface area contributed by atoms with E-state index in [-0.39, 0.29) is 6.61 Å². The summed E-state index contributed by atoms with van der Waals surface area (Å²) in [6.45, 7) is 9.08. The van der Waals surface area contributed by atoms with Gasteiger partial charge in [-0.25, -0.2) is 0 Å². The number of nitrogens with zero attached hydrogens (tertiary/aromatic N) is 1. The first-order valence-electron chi connectivity index (χ1n) is 4.45. The van der Waals surface area contributed by atoms with Gasteiger partial charge in [0.15, 0.2) is 0 Å². The van der Waals surface area contributed by atoms with Crippen LogP contribution in [0.3, 0.4) is 0 Å². The van der Waals surface area contributed by atoms with Crippen molar-refractivity contribution >= 4 is 0 Å². The van der Waals surface area contributed by atoms with Gasteiger partial charge in [-0.3, -0.25) is 4.90 Å². The van der Waals surface area contributed by atoms with E-state index in [9.17, 15) is 0 Å². The molecule has 1 atom stereocenters. The highest BCUT2D eigenvalue weighted by molar-refractivity contribution is 4.92. The quantitative estimate of drug-likeness (QED) is 0.649. The van der Waals surface area contributed by atoms with E-state index in [4.69, 9.17) is 5.11 Å². The van der Waals surface area contributed by atoms with Gasteiger partial charge in [0, 0.05) is 12.1 Å². The molecule has 0 spiro atoms. The molecule has 1 rings (SSSR count). The summed E-state index contributed by atoms with van der Waals surface area (Å²) < 4.78 is 0. The molecule has 1 fully saturated rings. The Morgan fingerprint density at radius 2 is 2.18 bits per heavy atom. The van der Waals surface area contributed by atoms with Crippen molar-refractivity contribution in [1.29, 1.82) is 0 Å². The van der Waals surface area contributed by atoms with Crippen molar-refractivity contribution in [2.75, 3.05) is 19.7 Å². The Hall–Kier alpha value is -0.0800. The number of β-amino-alcohol motifs (C(OH)–C–C–N with tert-alkyl or cyclic N) is 1. The van der Waals surface area contributed by atoms with Gasteiger partial charge in [-0.15, -0.1) is 0 Å². The Kier molecular flexibility index (Phi) is 2.55. The normalized spacial score (nSPS) is 31.1. The summed E-state index contributed by atoms with van der Waals surface area (Å²) in [5.74, 6) is 0.758. The fourth-order valence-corrected chi connectivity index (χ4v) is 1.82. The zero-order valence-electron chi connectivity index (χ0n) is 7.80. The molecule has 0 aromatic rings.